The number of ketones is 1. The van der Waals surface area contributed by atoms with Crippen molar-refractivity contribution in [1.82, 2.24) is 0 Å². The molecule has 1 heterocycles. The summed E-state index contributed by atoms with van der Waals surface area (Å²) in [5.41, 5.74) is 3.81. The number of fused-ring (bicyclic) bond motifs is 9. The first-order valence-corrected chi connectivity index (χ1v) is 23.9. The van der Waals surface area contributed by atoms with Crippen LogP contribution in [0, 0.1) is 0 Å². The number of halogens is 4. The van der Waals surface area contributed by atoms with Gasteiger partial charge in [0.2, 0.25) is 0 Å². The van der Waals surface area contributed by atoms with Gasteiger partial charge in [0.25, 0.3) is 0 Å². The third-order valence-electron chi connectivity index (χ3n) is 8.83. The van der Waals surface area contributed by atoms with E-state index in [4.69, 9.17) is 49.9 Å². The quantitative estimate of drug-likeness (QED) is 0.0580. The van der Waals surface area contributed by atoms with E-state index in [2.05, 4.69) is 93.7 Å². The topological polar surface area (TPSA) is 114 Å². The Morgan fingerprint density at radius 2 is 1.09 bits per heavy atom. The van der Waals surface area contributed by atoms with Crippen LogP contribution in [0.25, 0.3) is 65.2 Å². The Morgan fingerprint density at radius 1 is 0.603 bits per heavy atom. The molecule has 2 N–H and O–H groups in total. The van der Waals surface area contributed by atoms with E-state index in [0.717, 1.165) is 59.4 Å². The molecule has 0 aliphatic rings. The molecular weight excluding hydrogens is 1020 g/mol. The molecule has 0 unspecified atom stereocenters. The van der Waals surface area contributed by atoms with E-state index in [1.54, 1.807) is 12.1 Å². The second kappa shape index (κ2) is 21.1. The highest BCUT2D eigenvalue weighted by atomic mass is 127. The third kappa shape index (κ3) is 11.1. The Kier molecular flexibility index (Phi) is 16.3. The molecule has 0 fully saturated rings. The first-order chi connectivity index (χ1) is 28.0. The summed E-state index contributed by atoms with van der Waals surface area (Å²) in [4.78, 5) is 16.3. The molecule has 0 amide bonds. The van der Waals surface area contributed by atoms with Crippen molar-refractivity contribution in [1.29, 1.82) is 0 Å². The lowest BCUT2D eigenvalue weighted by Gasteiger charge is -2.12. The molecule has 9 rings (SSSR count). The van der Waals surface area contributed by atoms with E-state index in [1.807, 2.05) is 107 Å². The van der Waals surface area contributed by atoms with Crippen molar-refractivity contribution in [3.8, 4) is 16.9 Å². The average molecular weight is 1060 g/mol. The number of rotatable bonds is 5. The van der Waals surface area contributed by atoms with Gasteiger partial charge < -0.3 is 9.15 Å². The lowest BCUT2D eigenvalue weighted by molar-refractivity contribution is 0.0922. The normalized spacial score (nSPS) is 10.7. The predicted molar refractivity (Wildman–Crippen MR) is 258 cm³/mol. The number of hydrogen-bond donors (Lipinski definition) is 2. The summed E-state index contributed by atoms with van der Waals surface area (Å²) in [6.45, 7) is -0.00995. The molecule has 296 valence electrons. The number of carbonyl (C=O) groups excluding carboxylic acids is 1. The highest BCUT2D eigenvalue weighted by molar-refractivity contribution is 14.1. The highest BCUT2D eigenvalue weighted by Crippen LogP contribution is 2.42. The second-order valence-corrected chi connectivity index (χ2v) is 14.0. The Labute approximate surface area is 373 Å². The van der Waals surface area contributed by atoms with Gasteiger partial charge in [-0.1, -0.05) is 190 Å². The summed E-state index contributed by atoms with van der Waals surface area (Å²) >= 11 is 16.7. The lowest BCUT2D eigenvalue weighted by atomic mass is 9.95. The number of benzene rings is 8. The molecule has 0 atom stereocenters. The summed E-state index contributed by atoms with van der Waals surface area (Å²) in [5.74, 6) is 0.615. The van der Waals surface area contributed by atoms with E-state index >= 15 is 0 Å². The molecule has 58 heavy (non-hydrogen) atoms. The van der Waals surface area contributed by atoms with E-state index in [-0.39, 0.29) is 12.4 Å². The first kappa shape index (κ1) is 44.8. The third-order valence-corrected chi connectivity index (χ3v) is 9.30. The van der Waals surface area contributed by atoms with E-state index in [9.17, 15) is 4.79 Å². The number of alkyl halides is 2. The zero-order valence-electron chi connectivity index (χ0n) is 31.1. The van der Waals surface area contributed by atoms with Crippen LogP contribution in [0.15, 0.2) is 162 Å². The fourth-order valence-electron chi connectivity index (χ4n) is 6.54. The number of ether oxygens (including phenoxy) is 1. The summed E-state index contributed by atoms with van der Waals surface area (Å²) in [6.07, 6.45) is 1.85. The molecule has 8 aromatic carbocycles. The van der Waals surface area contributed by atoms with Crippen molar-refractivity contribution < 1.29 is 31.5 Å². The van der Waals surface area contributed by atoms with Gasteiger partial charge in [-0.15, -0.1) is 0 Å². The largest absolute Gasteiger partial charge is 0.485 e. The first-order valence-electron chi connectivity index (χ1n) is 17.4. The molecule has 0 spiro atoms. The van der Waals surface area contributed by atoms with E-state index in [0.29, 0.717) is 16.3 Å². The van der Waals surface area contributed by atoms with Crippen LogP contribution in [0.4, 0.5) is 0 Å². The fraction of sp³-hybridized carbons (Fsp3) is 0.0652. The van der Waals surface area contributed by atoms with E-state index in [1.165, 1.54) is 10.8 Å². The van der Waals surface area contributed by atoms with Gasteiger partial charge in [0.05, 0.1) is 6.26 Å². The van der Waals surface area contributed by atoms with Crippen LogP contribution in [0.1, 0.15) is 10.4 Å². The van der Waals surface area contributed by atoms with E-state index < -0.39 is 10.4 Å². The Bertz CT molecular complexity index is 2920. The number of carbonyl (C=O) groups is 1. The second-order valence-electron chi connectivity index (χ2n) is 12.3. The van der Waals surface area contributed by atoms with Crippen molar-refractivity contribution in [2.45, 2.75) is 0 Å². The monoisotopic (exact) mass is 1060 g/mol. The molecule has 0 radical (unpaired) electrons. The molecule has 9 aromatic rings. The molecule has 1 aromatic heterocycles. The van der Waals surface area contributed by atoms with Crippen LogP contribution in [-0.4, -0.2) is 39.8 Å². The molecule has 0 aliphatic carbocycles. The van der Waals surface area contributed by atoms with Crippen molar-refractivity contribution in [3.63, 3.8) is 0 Å². The van der Waals surface area contributed by atoms with Crippen molar-refractivity contribution in [2.75, 3.05) is 16.5 Å². The Hall–Kier alpha value is -4.28. The Morgan fingerprint density at radius 3 is 1.71 bits per heavy atom. The average Bonchev–Trinajstić information content (AvgIpc) is 3.70. The van der Waals surface area contributed by atoms with Crippen LogP contribution < -0.4 is 4.74 Å². The minimum Gasteiger partial charge on any atom is -0.485 e. The van der Waals surface area contributed by atoms with Gasteiger partial charge in [-0.3, -0.25) is 13.9 Å². The van der Waals surface area contributed by atoms with Crippen LogP contribution in [0.3, 0.4) is 0 Å². The summed E-state index contributed by atoms with van der Waals surface area (Å²) in [5, 5.41) is 11.3. The number of hydrogen-bond acceptors (Lipinski definition) is 5. The smallest absolute Gasteiger partial charge is 0.394 e. The number of Topliss-reactive ketones (excluding diaryl/α,β-unsaturated/α-hetero) is 1. The van der Waals surface area contributed by atoms with Crippen molar-refractivity contribution in [3.05, 3.63) is 174 Å². The van der Waals surface area contributed by atoms with Crippen molar-refractivity contribution in [2.24, 2.45) is 0 Å². The van der Waals surface area contributed by atoms with Crippen LogP contribution in [0.2, 0.25) is 10.0 Å². The van der Waals surface area contributed by atoms with Crippen LogP contribution in [-0.2, 0) is 10.4 Å². The van der Waals surface area contributed by atoms with Crippen LogP contribution in [0.5, 0.6) is 5.75 Å². The number of furan rings is 1. The van der Waals surface area contributed by atoms with Crippen molar-refractivity contribution >= 4 is 139 Å². The molecule has 12 heteroatoms. The standard InChI is InChI=1S/C22H15ClO2.C22H13ClO.2CH3I.H2O4S/c23-17-10-11-19-18-9-5-4-8-16(18)12-22(20(19)13-17)25-14-21(24)15-6-2-1-3-7-15;23-15-10-11-17-16-8-4-5-9-18(16)21-20(14-6-2-1-3-7-14)13-24-22(21)19(17)12-15;2*1-2;1-5(2,3)4/h1-13H,14H2;1-13H;2*1H3;(H2,1,2,3,4). The van der Waals surface area contributed by atoms with Gasteiger partial charge >= 0.3 is 10.4 Å². The van der Waals surface area contributed by atoms with Crippen LogP contribution >= 0.6 is 68.4 Å². The maximum absolute atomic E-state index is 12.3. The van der Waals surface area contributed by atoms with Gasteiger partial charge in [-0.05, 0) is 78.1 Å². The van der Waals surface area contributed by atoms with Gasteiger partial charge in [0.15, 0.2) is 12.4 Å². The van der Waals surface area contributed by atoms with Gasteiger partial charge in [0, 0.05) is 37.3 Å². The van der Waals surface area contributed by atoms with Gasteiger partial charge in [-0.25, -0.2) is 0 Å². The molecular formula is C46H36Cl2I2O7S. The minimum atomic E-state index is -4.67. The zero-order valence-corrected chi connectivity index (χ0v) is 37.7. The van der Waals surface area contributed by atoms with Gasteiger partial charge in [0.1, 0.15) is 11.3 Å². The highest BCUT2D eigenvalue weighted by Gasteiger charge is 2.16. The summed E-state index contributed by atoms with van der Waals surface area (Å²) in [6, 6.07) is 49.8. The Balaban J connectivity index is 0.000000184. The minimum absolute atomic E-state index is 0.00995. The molecule has 7 nitrogen and oxygen atoms in total. The summed E-state index contributed by atoms with van der Waals surface area (Å²) in [7, 11) is -4.67. The molecule has 0 saturated carbocycles. The summed E-state index contributed by atoms with van der Waals surface area (Å²) < 4.78 is 43.5. The predicted octanol–water partition coefficient (Wildman–Crippen LogP) is 14.4. The maximum Gasteiger partial charge on any atom is 0.394 e. The molecule has 0 aliphatic heterocycles. The maximum atomic E-state index is 12.3. The molecule has 0 bridgehead atoms. The molecule has 0 saturated heterocycles. The SMILES string of the molecule is CI.CI.Clc1ccc2c3ccccc3c3c(-c4ccccc4)coc3c2c1.O=C(COc1cc2ccccc2c2ccc(Cl)cc12)c1ccccc1.O=S(=O)(O)O. The zero-order chi connectivity index (χ0) is 41.8. The van der Waals surface area contributed by atoms with Gasteiger partial charge in [-0.2, -0.15) is 8.42 Å². The lowest BCUT2D eigenvalue weighted by Crippen LogP contribution is -2.11. The fourth-order valence-corrected chi connectivity index (χ4v) is 6.89.